The van der Waals surface area contributed by atoms with Gasteiger partial charge in [-0.2, -0.15) is 10.5 Å². The van der Waals surface area contributed by atoms with Gasteiger partial charge >= 0.3 is 0 Å². The van der Waals surface area contributed by atoms with Crippen LogP contribution in [0.5, 0.6) is 0 Å². The van der Waals surface area contributed by atoms with Crippen molar-refractivity contribution in [2.24, 2.45) is 5.92 Å². The summed E-state index contributed by atoms with van der Waals surface area (Å²) in [6, 6.07) is 7.04. The predicted octanol–water partition coefficient (Wildman–Crippen LogP) is 1.78. The number of carbonyl (C=O) groups is 1. The number of amides is 1. The number of alkyl halides is 1. The van der Waals surface area contributed by atoms with Crippen molar-refractivity contribution in [2.45, 2.75) is 44.9 Å². The smallest absolute Gasteiger partial charge is 0.252 e. The molecule has 1 aromatic carbocycles. The zero-order valence-corrected chi connectivity index (χ0v) is 16.6. The minimum absolute atomic E-state index is 0.0551. The lowest BCUT2D eigenvalue weighted by Crippen LogP contribution is -2.55. The number of benzene rings is 1. The van der Waals surface area contributed by atoms with Crippen LogP contribution in [0, 0.1) is 40.4 Å². The SMILES string of the molecule is Cc1c(CC(=O)N[C@H](C)C2C(F)CC(C#N)C[N+]2=O)c(=O)[nH]c2cccc(C#N)c12. The molecule has 4 atom stereocenters. The van der Waals surface area contributed by atoms with E-state index >= 15 is 0 Å². The van der Waals surface area contributed by atoms with Gasteiger partial charge in [0, 0.05) is 32.6 Å². The van der Waals surface area contributed by atoms with E-state index in [0.29, 0.717) is 26.8 Å². The third-order valence-corrected chi connectivity index (χ3v) is 5.57. The Labute approximate surface area is 171 Å². The van der Waals surface area contributed by atoms with Crippen LogP contribution in [0.4, 0.5) is 4.39 Å². The Morgan fingerprint density at radius 3 is 2.80 bits per heavy atom. The van der Waals surface area contributed by atoms with Crippen LogP contribution in [-0.4, -0.2) is 40.5 Å². The topological polar surface area (TPSA) is 130 Å². The fraction of sp³-hybridized carbons (Fsp3) is 0.429. The molecule has 0 saturated carbocycles. The Balaban J connectivity index is 1.81. The molecule has 0 bridgehead atoms. The predicted molar refractivity (Wildman–Crippen MR) is 106 cm³/mol. The van der Waals surface area contributed by atoms with Gasteiger partial charge in [-0.1, -0.05) is 6.07 Å². The van der Waals surface area contributed by atoms with E-state index in [9.17, 15) is 24.1 Å². The van der Waals surface area contributed by atoms with E-state index in [1.54, 1.807) is 25.1 Å². The summed E-state index contributed by atoms with van der Waals surface area (Å²) in [6.07, 6.45) is -1.87. The molecule has 9 heteroatoms. The van der Waals surface area contributed by atoms with Crippen molar-refractivity contribution in [3.05, 3.63) is 50.2 Å². The molecule has 3 unspecified atom stereocenters. The summed E-state index contributed by atoms with van der Waals surface area (Å²) in [7, 11) is 0. The third-order valence-electron chi connectivity index (χ3n) is 5.57. The Morgan fingerprint density at radius 2 is 2.17 bits per heavy atom. The molecule has 3 rings (SSSR count). The fourth-order valence-corrected chi connectivity index (χ4v) is 4.10. The molecule has 0 spiro atoms. The quantitative estimate of drug-likeness (QED) is 0.742. The first kappa shape index (κ1) is 21.1. The van der Waals surface area contributed by atoms with E-state index < -0.39 is 35.6 Å². The molecule has 1 aliphatic rings. The number of fused-ring (bicyclic) bond motifs is 1. The molecule has 30 heavy (non-hydrogen) atoms. The first-order valence-corrected chi connectivity index (χ1v) is 9.58. The lowest BCUT2D eigenvalue weighted by molar-refractivity contribution is -0.610. The Hall–Kier alpha value is -3.59. The standard InChI is InChI=1S/C21H20FN5O3/c1-11-15(21(29)26-17-5-3-4-14(9-24)19(11)17)7-18(28)25-12(2)20-16(22)6-13(8-23)10-27(20)30/h3-5,12-13,16,20H,6-7,10H2,1-2H3,(H-,25,26,28,29)/p+1/t12-,13?,16?,20?/m1/s1. The number of nitriles is 2. The summed E-state index contributed by atoms with van der Waals surface area (Å²) in [5.74, 6) is -1.21. The fourth-order valence-electron chi connectivity index (χ4n) is 4.10. The molecular formula is C21H21FN5O3+. The lowest BCUT2D eigenvalue weighted by Gasteiger charge is -2.26. The van der Waals surface area contributed by atoms with Gasteiger partial charge in [-0.05, 0) is 31.5 Å². The molecule has 8 nitrogen and oxygen atoms in total. The first-order valence-electron chi connectivity index (χ1n) is 9.58. The second-order valence-electron chi connectivity index (χ2n) is 7.60. The van der Waals surface area contributed by atoms with Crippen molar-refractivity contribution < 1.29 is 13.9 Å². The number of carbonyl (C=O) groups excluding carboxylic acids is 1. The Bertz CT molecular complexity index is 1160. The highest BCUT2D eigenvalue weighted by molar-refractivity contribution is 5.90. The third kappa shape index (κ3) is 3.92. The van der Waals surface area contributed by atoms with Crippen LogP contribution in [-0.2, 0) is 11.2 Å². The number of nitrogens with one attached hydrogen (secondary N) is 2. The van der Waals surface area contributed by atoms with Gasteiger partial charge in [0.05, 0.1) is 30.2 Å². The molecule has 2 N–H and O–H groups in total. The summed E-state index contributed by atoms with van der Waals surface area (Å²) in [5, 5.41) is 21.4. The van der Waals surface area contributed by atoms with Crippen molar-refractivity contribution in [3.63, 3.8) is 0 Å². The van der Waals surface area contributed by atoms with Gasteiger partial charge in [0.1, 0.15) is 5.92 Å². The number of hydrogen-bond acceptors (Lipinski definition) is 5. The van der Waals surface area contributed by atoms with E-state index in [1.807, 2.05) is 6.07 Å². The van der Waals surface area contributed by atoms with E-state index in [4.69, 9.17) is 5.26 Å². The normalized spacial score (nSPS) is 22.2. The van der Waals surface area contributed by atoms with Crippen LogP contribution < -0.4 is 10.9 Å². The number of pyridine rings is 1. The number of H-pyrrole nitrogens is 1. The number of aromatic nitrogens is 1. The van der Waals surface area contributed by atoms with Crippen LogP contribution in [0.15, 0.2) is 23.0 Å². The van der Waals surface area contributed by atoms with E-state index in [0.717, 1.165) is 0 Å². The molecule has 1 aliphatic heterocycles. The van der Waals surface area contributed by atoms with E-state index in [-0.39, 0.29) is 24.9 Å². The summed E-state index contributed by atoms with van der Waals surface area (Å²) in [6.45, 7) is 3.09. The zero-order valence-electron chi connectivity index (χ0n) is 16.6. The molecule has 154 valence electrons. The molecule has 2 heterocycles. The van der Waals surface area contributed by atoms with Crippen LogP contribution in [0.2, 0.25) is 0 Å². The van der Waals surface area contributed by atoms with Crippen molar-refractivity contribution in [1.29, 1.82) is 10.5 Å². The van der Waals surface area contributed by atoms with Crippen LogP contribution >= 0.6 is 0 Å². The van der Waals surface area contributed by atoms with Gasteiger partial charge in [0.15, 0.2) is 6.17 Å². The molecule has 1 saturated heterocycles. The number of aromatic amines is 1. The van der Waals surface area contributed by atoms with Gasteiger partial charge in [-0.25, -0.2) is 4.39 Å². The van der Waals surface area contributed by atoms with Crippen LogP contribution in [0.25, 0.3) is 10.9 Å². The van der Waals surface area contributed by atoms with Gasteiger partial charge in [-0.3, -0.25) is 9.59 Å². The summed E-state index contributed by atoms with van der Waals surface area (Å²) < 4.78 is 14.9. The summed E-state index contributed by atoms with van der Waals surface area (Å²) in [5.41, 5.74) is 1.18. The molecule has 1 amide bonds. The number of hydrogen-bond donors (Lipinski definition) is 2. The monoisotopic (exact) mass is 410 g/mol. The summed E-state index contributed by atoms with van der Waals surface area (Å²) in [4.78, 5) is 39.9. The van der Waals surface area contributed by atoms with Crippen LogP contribution in [0.1, 0.15) is 30.0 Å². The van der Waals surface area contributed by atoms with Crippen molar-refractivity contribution in [1.82, 2.24) is 10.3 Å². The second-order valence-corrected chi connectivity index (χ2v) is 7.60. The minimum atomic E-state index is -1.54. The molecular weight excluding hydrogens is 389 g/mol. The highest BCUT2D eigenvalue weighted by atomic mass is 19.1. The highest BCUT2D eigenvalue weighted by Gasteiger charge is 2.47. The number of nitroso groups, excluding NO2 is 1. The molecule has 0 aliphatic carbocycles. The van der Waals surface area contributed by atoms with Gasteiger partial charge in [0.2, 0.25) is 12.5 Å². The maximum absolute atomic E-state index is 14.4. The van der Waals surface area contributed by atoms with Gasteiger partial charge in [-0.15, -0.1) is 0 Å². The van der Waals surface area contributed by atoms with Crippen molar-refractivity contribution >= 4 is 16.8 Å². The highest BCUT2D eigenvalue weighted by Crippen LogP contribution is 2.24. The second kappa shape index (κ2) is 8.42. The van der Waals surface area contributed by atoms with E-state index in [1.165, 1.54) is 6.92 Å². The zero-order chi connectivity index (χ0) is 22.0. The summed E-state index contributed by atoms with van der Waals surface area (Å²) >= 11 is 0. The Kier molecular flexibility index (Phi) is 5.93. The largest absolute Gasteiger partial charge is 0.346 e. The van der Waals surface area contributed by atoms with Crippen molar-refractivity contribution in [3.8, 4) is 12.1 Å². The lowest BCUT2D eigenvalue weighted by atomic mass is 9.90. The maximum atomic E-state index is 14.4. The molecule has 0 radical (unpaired) electrons. The van der Waals surface area contributed by atoms with Gasteiger partial charge < -0.3 is 10.3 Å². The Morgan fingerprint density at radius 1 is 1.43 bits per heavy atom. The average molecular weight is 410 g/mol. The maximum Gasteiger partial charge on any atom is 0.252 e. The van der Waals surface area contributed by atoms with Crippen molar-refractivity contribution in [2.75, 3.05) is 6.54 Å². The number of rotatable bonds is 4. The van der Waals surface area contributed by atoms with Crippen LogP contribution in [0.3, 0.4) is 0 Å². The number of aryl methyl sites for hydroxylation is 1. The first-order chi connectivity index (χ1) is 14.3. The van der Waals surface area contributed by atoms with Gasteiger partial charge in [0.25, 0.3) is 11.6 Å². The van der Waals surface area contributed by atoms with E-state index in [2.05, 4.69) is 16.4 Å². The minimum Gasteiger partial charge on any atom is -0.346 e. The average Bonchev–Trinajstić information content (AvgIpc) is 2.69. The number of nitrogens with zero attached hydrogens (tertiary/aromatic N) is 3. The number of piperidine rings is 1. The molecule has 1 aromatic heterocycles. The number of halogens is 1. The molecule has 2 aromatic rings. The molecule has 1 fully saturated rings.